The van der Waals surface area contributed by atoms with Crippen LogP contribution < -0.4 is 14.8 Å². The number of hydrogen-bond donors (Lipinski definition) is 1. The third-order valence-electron chi connectivity index (χ3n) is 3.47. The number of hydrogen-bond acceptors (Lipinski definition) is 3. The lowest BCUT2D eigenvalue weighted by Crippen LogP contribution is -2.20. The van der Waals surface area contributed by atoms with Gasteiger partial charge in [0.2, 0.25) is 0 Å². The molecule has 0 radical (unpaired) electrons. The zero-order valence-corrected chi connectivity index (χ0v) is 14.4. The number of carbonyl (C=O) groups is 1. The molecule has 0 aliphatic heterocycles. The molecule has 1 N–H and O–H groups in total. The van der Waals surface area contributed by atoms with Gasteiger partial charge in [-0.25, -0.2) is 0 Å². The maximum Gasteiger partial charge on any atom is 0.262 e. The average Bonchev–Trinajstić information content (AvgIpc) is 2.52. The Labute approximate surface area is 143 Å². The van der Waals surface area contributed by atoms with Gasteiger partial charge in [0.25, 0.3) is 5.91 Å². The second-order valence-electron chi connectivity index (χ2n) is 5.69. The van der Waals surface area contributed by atoms with Gasteiger partial charge in [0.1, 0.15) is 0 Å². The van der Waals surface area contributed by atoms with Crippen LogP contribution in [0.2, 0.25) is 0 Å². The monoisotopic (exact) mass is 325 g/mol. The number of anilines is 1. The van der Waals surface area contributed by atoms with Crippen LogP contribution in [0.1, 0.15) is 16.7 Å². The van der Waals surface area contributed by atoms with Crippen molar-refractivity contribution in [1.29, 1.82) is 0 Å². The van der Waals surface area contributed by atoms with E-state index in [9.17, 15) is 4.79 Å². The third-order valence-corrected chi connectivity index (χ3v) is 3.47. The maximum atomic E-state index is 12.1. The quantitative estimate of drug-likeness (QED) is 0.781. The minimum Gasteiger partial charge on any atom is -0.493 e. The molecule has 2 aromatic carbocycles. The lowest BCUT2D eigenvalue weighted by atomic mass is 10.1. The molecule has 0 saturated heterocycles. The highest BCUT2D eigenvalue weighted by molar-refractivity contribution is 5.92. The zero-order valence-electron chi connectivity index (χ0n) is 14.4. The topological polar surface area (TPSA) is 47.6 Å². The molecule has 2 aromatic rings. The molecule has 0 unspecified atom stereocenters. The van der Waals surface area contributed by atoms with Crippen molar-refractivity contribution < 1.29 is 14.3 Å². The normalized spacial score (nSPS) is 10.1. The van der Waals surface area contributed by atoms with Crippen molar-refractivity contribution in [2.45, 2.75) is 20.3 Å². The number of aryl methyl sites for hydroxylation is 2. The largest absolute Gasteiger partial charge is 0.493 e. The van der Waals surface area contributed by atoms with Crippen LogP contribution >= 0.6 is 0 Å². The SMILES string of the molecule is C=CCc1ccc(OCC(=O)Nc2cc(C)cc(C)c2)c(OC)c1. The standard InChI is InChI=1S/C20H23NO3/c1-5-6-16-7-8-18(19(12-16)23-4)24-13-20(22)21-17-10-14(2)9-15(3)11-17/h5,7-12H,1,6,13H2,2-4H3,(H,21,22). The van der Waals surface area contributed by atoms with E-state index in [-0.39, 0.29) is 12.5 Å². The molecule has 0 atom stereocenters. The fourth-order valence-electron chi connectivity index (χ4n) is 2.51. The van der Waals surface area contributed by atoms with Crippen LogP contribution in [0.25, 0.3) is 0 Å². The molecule has 4 nitrogen and oxygen atoms in total. The summed E-state index contributed by atoms with van der Waals surface area (Å²) in [6, 6.07) is 11.5. The van der Waals surface area contributed by atoms with Gasteiger partial charge < -0.3 is 14.8 Å². The van der Waals surface area contributed by atoms with Gasteiger partial charge in [0.05, 0.1) is 7.11 Å². The number of allylic oxidation sites excluding steroid dienone is 1. The summed E-state index contributed by atoms with van der Waals surface area (Å²) in [5.74, 6) is 0.937. The molecule has 0 fully saturated rings. The fraction of sp³-hybridized carbons (Fsp3) is 0.250. The van der Waals surface area contributed by atoms with Gasteiger partial charge in [0, 0.05) is 5.69 Å². The van der Waals surface area contributed by atoms with Crippen molar-refractivity contribution in [3.8, 4) is 11.5 Å². The van der Waals surface area contributed by atoms with Crippen LogP contribution in [0, 0.1) is 13.8 Å². The predicted molar refractivity (Wildman–Crippen MR) is 96.9 cm³/mol. The second-order valence-corrected chi connectivity index (χ2v) is 5.69. The molecular weight excluding hydrogens is 302 g/mol. The number of carbonyl (C=O) groups excluding carboxylic acids is 1. The average molecular weight is 325 g/mol. The van der Waals surface area contributed by atoms with E-state index in [1.165, 1.54) is 0 Å². The van der Waals surface area contributed by atoms with Gasteiger partial charge in [0.15, 0.2) is 18.1 Å². The Morgan fingerprint density at radius 1 is 1.12 bits per heavy atom. The minimum absolute atomic E-state index is 0.0792. The van der Waals surface area contributed by atoms with Gasteiger partial charge in [-0.2, -0.15) is 0 Å². The van der Waals surface area contributed by atoms with Crippen LogP contribution in [0.3, 0.4) is 0 Å². The Kier molecular flexibility index (Phi) is 6.01. The van der Waals surface area contributed by atoms with E-state index in [4.69, 9.17) is 9.47 Å². The summed E-state index contributed by atoms with van der Waals surface area (Å²) in [4.78, 5) is 12.1. The summed E-state index contributed by atoms with van der Waals surface area (Å²) < 4.78 is 10.9. The Bertz CT molecular complexity index is 717. The van der Waals surface area contributed by atoms with E-state index in [2.05, 4.69) is 18.0 Å². The molecule has 2 rings (SSSR count). The molecule has 0 saturated carbocycles. The Hall–Kier alpha value is -2.75. The van der Waals surface area contributed by atoms with Crippen LogP contribution in [-0.2, 0) is 11.2 Å². The van der Waals surface area contributed by atoms with Crippen molar-refractivity contribution in [2.75, 3.05) is 19.0 Å². The summed E-state index contributed by atoms with van der Waals surface area (Å²) >= 11 is 0. The number of ether oxygens (including phenoxy) is 2. The summed E-state index contributed by atoms with van der Waals surface area (Å²) in [5.41, 5.74) is 4.06. The number of rotatable bonds is 7. The molecule has 0 bridgehead atoms. The molecule has 24 heavy (non-hydrogen) atoms. The number of benzene rings is 2. The molecule has 1 amide bonds. The van der Waals surface area contributed by atoms with E-state index in [0.29, 0.717) is 11.5 Å². The molecule has 0 aliphatic rings. The summed E-state index contributed by atoms with van der Waals surface area (Å²) in [6.45, 7) is 7.63. The van der Waals surface area contributed by atoms with E-state index in [1.807, 2.05) is 50.3 Å². The second kappa shape index (κ2) is 8.20. The maximum absolute atomic E-state index is 12.1. The van der Waals surface area contributed by atoms with Crippen molar-refractivity contribution in [3.63, 3.8) is 0 Å². The van der Waals surface area contributed by atoms with Gasteiger partial charge in [-0.1, -0.05) is 18.2 Å². The number of amides is 1. The van der Waals surface area contributed by atoms with Crippen molar-refractivity contribution >= 4 is 11.6 Å². The predicted octanol–water partition coefficient (Wildman–Crippen LogP) is 4.06. The first-order valence-electron chi connectivity index (χ1n) is 7.80. The van der Waals surface area contributed by atoms with Crippen molar-refractivity contribution in [1.82, 2.24) is 0 Å². The lowest BCUT2D eigenvalue weighted by Gasteiger charge is -2.12. The van der Waals surface area contributed by atoms with E-state index in [0.717, 1.165) is 28.8 Å². The van der Waals surface area contributed by atoms with E-state index in [1.54, 1.807) is 7.11 Å². The van der Waals surface area contributed by atoms with E-state index >= 15 is 0 Å². The highest BCUT2D eigenvalue weighted by Crippen LogP contribution is 2.28. The smallest absolute Gasteiger partial charge is 0.262 e. The van der Waals surface area contributed by atoms with Gasteiger partial charge in [-0.15, -0.1) is 6.58 Å². The summed E-state index contributed by atoms with van der Waals surface area (Å²) in [7, 11) is 1.58. The molecule has 126 valence electrons. The minimum atomic E-state index is -0.211. The molecule has 0 heterocycles. The van der Waals surface area contributed by atoms with Crippen LogP contribution in [0.4, 0.5) is 5.69 Å². The lowest BCUT2D eigenvalue weighted by molar-refractivity contribution is -0.118. The van der Waals surface area contributed by atoms with E-state index < -0.39 is 0 Å². The fourth-order valence-corrected chi connectivity index (χ4v) is 2.51. The first-order valence-corrected chi connectivity index (χ1v) is 7.80. The molecule has 0 aliphatic carbocycles. The van der Waals surface area contributed by atoms with Gasteiger partial charge in [-0.05, 0) is 61.2 Å². The third kappa shape index (κ3) is 4.88. The Morgan fingerprint density at radius 3 is 2.46 bits per heavy atom. The highest BCUT2D eigenvalue weighted by atomic mass is 16.5. The highest BCUT2D eigenvalue weighted by Gasteiger charge is 2.09. The van der Waals surface area contributed by atoms with Crippen LogP contribution in [0.15, 0.2) is 49.1 Å². The van der Waals surface area contributed by atoms with Crippen molar-refractivity contribution in [2.24, 2.45) is 0 Å². The molecule has 0 aromatic heterocycles. The summed E-state index contributed by atoms with van der Waals surface area (Å²) in [6.07, 6.45) is 2.58. The molecule has 0 spiro atoms. The van der Waals surface area contributed by atoms with Gasteiger partial charge >= 0.3 is 0 Å². The first kappa shape index (κ1) is 17.6. The Balaban J connectivity index is 1.99. The van der Waals surface area contributed by atoms with Crippen molar-refractivity contribution in [3.05, 3.63) is 65.7 Å². The van der Waals surface area contributed by atoms with Gasteiger partial charge in [-0.3, -0.25) is 4.79 Å². The van der Waals surface area contributed by atoms with Crippen LogP contribution in [-0.4, -0.2) is 19.6 Å². The summed E-state index contributed by atoms with van der Waals surface area (Å²) in [5, 5.41) is 2.84. The molecular formula is C20H23NO3. The Morgan fingerprint density at radius 2 is 1.83 bits per heavy atom. The van der Waals surface area contributed by atoms with Crippen LogP contribution in [0.5, 0.6) is 11.5 Å². The molecule has 4 heteroatoms. The first-order chi connectivity index (χ1) is 11.5. The zero-order chi connectivity index (χ0) is 17.5. The number of methoxy groups -OCH3 is 1. The number of nitrogens with one attached hydrogen (secondary N) is 1.